The van der Waals surface area contributed by atoms with Gasteiger partial charge in [-0.1, -0.05) is 0 Å². The van der Waals surface area contributed by atoms with Crippen molar-refractivity contribution in [1.29, 1.82) is 0 Å². The van der Waals surface area contributed by atoms with E-state index in [1.165, 1.54) is 16.8 Å². The molecule has 8 heteroatoms. The van der Waals surface area contributed by atoms with Gasteiger partial charge in [-0.15, -0.1) is 0 Å². The second kappa shape index (κ2) is 6.17. The molecule has 2 heterocycles. The van der Waals surface area contributed by atoms with Crippen molar-refractivity contribution in [3.8, 4) is 0 Å². The van der Waals surface area contributed by atoms with Gasteiger partial charge in [0.05, 0.1) is 6.10 Å². The minimum Gasteiger partial charge on any atom is -0.458 e. The summed E-state index contributed by atoms with van der Waals surface area (Å²) >= 11 is 0. The Labute approximate surface area is 124 Å². The quantitative estimate of drug-likeness (QED) is 0.818. The fourth-order valence-electron chi connectivity index (χ4n) is 2.22. The fraction of sp³-hybridized carbons (Fsp3) is 0.615. The van der Waals surface area contributed by atoms with Crippen molar-refractivity contribution in [2.45, 2.75) is 43.7 Å². The number of rotatable bonds is 5. The van der Waals surface area contributed by atoms with E-state index in [1.807, 2.05) is 13.8 Å². The highest BCUT2D eigenvalue weighted by Crippen LogP contribution is 2.19. The SMILES string of the molecule is CC(C)n1cc(S(N)(=O)=O)cc1C(=O)OCC1CCCO1. The second-order valence-corrected chi connectivity index (χ2v) is 6.90. The first-order valence-corrected chi connectivity index (χ1v) is 8.37. The molecule has 7 nitrogen and oxygen atoms in total. The second-order valence-electron chi connectivity index (χ2n) is 5.34. The Morgan fingerprint density at radius 1 is 1.57 bits per heavy atom. The Morgan fingerprint density at radius 3 is 2.81 bits per heavy atom. The van der Waals surface area contributed by atoms with Crippen LogP contribution in [-0.2, 0) is 19.5 Å². The fourth-order valence-corrected chi connectivity index (χ4v) is 2.76. The zero-order valence-corrected chi connectivity index (χ0v) is 12.9. The summed E-state index contributed by atoms with van der Waals surface area (Å²) < 4.78 is 34.9. The lowest BCUT2D eigenvalue weighted by atomic mass is 10.2. The smallest absolute Gasteiger partial charge is 0.355 e. The number of nitrogens with zero attached hydrogens (tertiary/aromatic N) is 1. The molecule has 0 spiro atoms. The third-order valence-electron chi connectivity index (χ3n) is 3.34. The van der Waals surface area contributed by atoms with Crippen LogP contribution in [0.3, 0.4) is 0 Å². The van der Waals surface area contributed by atoms with Crippen LogP contribution in [0.5, 0.6) is 0 Å². The number of carbonyl (C=O) groups is 1. The molecule has 1 unspecified atom stereocenters. The zero-order chi connectivity index (χ0) is 15.6. The van der Waals surface area contributed by atoms with Gasteiger partial charge in [-0.3, -0.25) is 0 Å². The molecular weight excluding hydrogens is 296 g/mol. The molecule has 1 aliphatic heterocycles. The number of primary sulfonamides is 1. The van der Waals surface area contributed by atoms with E-state index in [0.29, 0.717) is 6.61 Å². The lowest BCUT2D eigenvalue weighted by Gasteiger charge is -2.13. The van der Waals surface area contributed by atoms with E-state index < -0.39 is 16.0 Å². The van der Waals surface area contributed by atoms with Crippen molar-refractivity contribution in [3.63, 3.8) is 0 Å². The van der Waals surface area contributed by atoms with Crippen molar-refractivity contribution in [1.82, 2.24) is 4.57 Å². The van der Waals surface area contributed by atoms with Crippen molar-refractivity contribution in [2.75, 3.05) is 13.2 Å². The number of aromatic nitrogens is 1. The Balaban J connectivity index is 2.16. The van der Waals surface area contributed by atoms with Gasteiger partial charge in [0.25, 0.3) is 0 Å². The van der Waals surface area contributed by atoms with E-state index >= 15 is 0 Å². The minimum absolute atomic E-state index is 0.0749. The Kier molecular flexibility index (Phi) is 4.70. The number of ether oxygens (including phenoxy) is 2. The standard InChI is InChI=1S/C13H20N2O5S/c1-9(2)15-7-11(21(14,17)18)6-12(15)13(16)20-8-10-4-3-5-19-10/h6-7,9-10H,3-5,8H2,1-2H3,(H2,14,17,18). The van der Waals surface area contributed by atoms with E-state index in [2.05, 4.69) is 0 Å². The van der Waals surface area contributed by atoms with Crippen LogP contribution in [0.1, 0.15) is 43.2 Å². The van der Waals surface area contributed by atoms with Gasteiger partial charge < -0.3 is 14.0 Å². The number of hydrogen-bond acceptors (Lipinski definition) is 5. The maximum Gasteiger partial charge on any atom is 0.355 e. The Morgan fingerprint density at radius 2 is 2.29 bits per heavy atom. The number of hydrogen-bond donors (Lipinski definition) is 1. The Bertz CT molecular complexity index is 615. The molecule has 2 rings (SSSR count). The number of esters is 1. The Hall–Kier alpha value is -1.38. The molecule has 0 radical (unpaired) electrons. The van der Waals surface area contributed by atoms with Gasteiger partial charge in [-0.05, 0) is 32.8 Å². The maximum atomic E-state index is 12.1. The van der Waals surface area contributed by atoms with Crippen molar-refractivity contribution >= 4 is 16.0 Å². The molecule has 0 saturated carbocycles. The monoisotopic (exact) mass is 316 g/mol. The van der Waals surface area contributed by atoms with E-state index in [0.717, 1.165) is 12.8 Å². The highest BCUT2D eigenvalue weighted by molar-refractivity contribution is 7.89. The van der Waals surface area contributed by atoms with Crippen molar-refractivity contribution in [2.24, 2.45) is 5.14 Å². The molecule has 1 aromatic rings. The van der Waals surface area contributed by atoms with E-state index in [9.17, 15) is 13.2 Å². The van der Waals surface area contributed by atoms with Crippen LogP contribution in [0.4, 0.5) is 0 Å². The van der Waals surface area contributed by atoms with Crippen LogP contribution >= 0.6 is 0 Å². The topological polar surface area (TPSA) is 101 Å². The highest BCUT2D eigenvalue weighted by atomic mass is 32.2. The normalized spacial score (nSPS) is 19.1. The molecule has 1 aromatic heterocycles. The summed E-state index contributed by atoms with van der Waals surface area (Å²) in [6, 6.07) is 1.15. The highest BCUT2D eigenvalue weighted by Gasteiger charge is 2.23. The summed E-state index contributed by atoms with van der Waals surface area (Å²) in [7, 11) is -3.86. The average Bonchev–Trinajstić information content (AvgIpc) is 3.04. The van der Waals surface area contributed by atoms with Gasteiger partial charge in [0.1, 0.15) is 17.2 Å². The summed E-state index contributed by atoms with van der Waals surface area (Å²) in [4.78, 5) is 12.0. The van der Waals surface area contributed by atoms with Gasteiger partial charge in [0, 0.05) is 18.8 Å². The largest absolute Gasteiger partial charge is 0.458 e. The summed E-state index contributed by atoms with van der Waals surface area (Å²) in [5.41, 5.74) is 0.173. The number of carbonyl (C=O) groups excluding carboxylic acids is 1. The summed E-state index contributed by atoms with van der Waals surface area (Å²) in [6.07, 6.45) is 3.10. The molecular formula is C13H20N2O5S. The van der Waals surface area contributed by atoms with Crippen LogP contribution in [0, 0.1) is 0 Å². The molecule has 1 fully saturated rings. The zero-order valence-electron chi connectivity index (χ0n) is 12.1. The average molecular weight is 316 g/mol. The minimum atomic E-state index is -3.86. The first kappa shape index (κ1) is 16.0. The predicted octanol–water partition coefficient (Wildman–Crippen LogP) is 1.05. The van der Waals surface area contributed by atoms with Gasteiger partial charge in [-0.25, -0.2) is 18.4 Å². The third kappa shape index (κ3) is 3.84. The maximum absolute atomic E-state index is 12.1. The molecule has 0 aliphatic carbocycles. The summed E-state index contributed by atoms with van der Waals surface area (Å²) in [6.45, 7) is 4.53. The lowest BCUT2D eigenvalue weighted by Crippen LogP contribution is -2.20. The van der Waals surface area contributed by atoms with E-state index in [-0.39, 0.29) is 29.3 Å². The third-order valence-corrected chi connectivity index (χ3v) is 4.22. The first-order valence-electron chi connectivity index (χ1n) is 6.82. The molecule has 2 N–H and O–H groups in total. The molecule has 1 saturated heterocycles. The van der Waals surface area contributed by atoms with Crippen LogP contribution in [0.2, 0.25) is 0 Å². The summed E-state index contributed by atoms with van der Waals surface area (Å²) in [5, 5.41) is 5.10. The van der Waals surface area contributed by atoms with Crippen molar-refractivity contribution in [3.05, 3.63) is 18.0 Å². The van der Waals surface area contributed by atoms with Crippen LogP contribution < -0.4 is 5.14 Å². The molecule has 118 valence electrons. The van der Waals surface area contributed by atoms with E-state index in [4.69, 9.17) is 14.6 Å². The van der Waals surface area contributed by atoms with Gasteiger partial charge in [-0.2, -0.15) is 0 Å². The number of sulfonamides is 1. The summed E-state index contributed by atoms with van der Waals surface area (Å²) in [5.74, 6) is -0.575. The van der Waals surface area contributed by atoms with E-state index in [1.54, 1.807) is 0 Å². The van der Waals surface area contributed by atoms with Gasteiger partial charge in [0.2, 0.25) is 10.0 Å². The van der Waals surface area contributed by atoms with Crippen LogP contribution in [0.25, 0.3) is 0 Å². The van der Waals surface area contributed by atoms with Gasteiger partial charge in [0.15, 0.2) is 0 Å². The molecule has 0 bridgehead atoms. The predicted molar refractivity (Wildman–Crippen MR) is 75.4 cm³/mol. The molecule has 0 amide bonds. The molecule has 21 heavy (non-hydrogen) atoms. The van der Waals surface area contributed by atoms with Gasteiger partial charge >= 0.3 is 5.97 Å². The molecule has 1 atom stereocenters. The lowest BCUT2D eigenvalue weighted by molar-refractivity contribution is 0.0151. The molecule has 0 aromatic carbocycles. The van der Waals surface area contributed by atoms with Crippen molar-refractivity contribution < 1.29 is 22.7 Å². The molecule has 1 aliphatic rings. The van der Waals surface area contributed by atoms with Crippen LogP contribution in [0.15, 0.2) is 17.2 Å². The number of nitrogens with two attached hydrogens (primary N) is 1. The van der Waals surface area contributed by atoms with Crippen LogP contribution in [-0.4, -0.2) is 38.3 Å². The first-order chi connectivity index (χ1) is 9.79.